The number of ether oxygens (including phenoxy) is 1. The van der Waals surface area contributed by atoms with Crippen LogP contribution in [0.5, 0.6) is 0 Å². The quantitative estimate of drug-likeness (QED) is 0.919. The van der Waals surface area contributed by atoms with Gasteiger partial charge in [-0.25, -0.2) is 4.39 Å². The highest BCUT2D eigenvalue weighted by Crippen LogP contribution is 2.23. The lowest BCUT2D eigenvalue weighted by Crippen LogP contribution is -2.39. The Morgan fingerprint density at radius 1 is 1.60 bits per heavy atom. The summed E-state index contributed by atoms with van der Waals surface area (Å²) in [7, 11) is 1.59. The highest BCUT2D eigenvalue weighted by molar-refractivity contribution is 6.31. The van der Waals surface area contributed by atoms with E-state index in [4.69, 9.17) is 16.3 Å². The average molecular weight is 302 g/mol. The number of halogens is 2. The lowest BCUT2D eigenvalue weighted by Gasteiger charge is -2.23. The predicted molar refractivity (Wildman–Crippen MR) is 73.1 cm³/mol. The molecular weight excluding hydrogens is 285 g/mol. The number of aliphatic hydroxyl groups excluding tert-OH is 1. The van der Waals surface area contributed by atoms with Crippen molar-refractivity contribution in [3.05, 3.63) is 34.6 Å². The Morgan fingerprint density at radius 3 is 2.95 bits per heavy atom. The number of aliphatic hydroxyl groups is 1. The summed E-state index contributed by atoms with van der Waals surface area (Å²) in [6, 6.07) is 3.75. The molecule has 0 saturated carbocycles. The third-order valence-electron chi connectivity index (χ3n) is 3.60. The minimum atomic E-state index is -0.431. The van der Waals surface area contributed by atoms with E-state index in [1.54, 1.807) is 12.0 Å². The second-order valence-corrected chi connectivity index (χ2v) is 5.30. The molecule has 110 valence electrons. The van der Waals surface area contributed by atoms with Crippen LogP contribution >= 0.6 is 11.6 Å². The zero-order valence-electron chi connectivity index (χ0n) is 11.2. The molecule has 0 bridgehead atoms. The number of hydrogen-bond donors (Lipinski definition) is 1. The molecule has 20 heavy (non-hydrogen) atoms. The molecule has 0 spiro atoms. The summed E-state index contributed by atoms with van der Waals surface area (Å²) in [5.74, 6) is -0.572. The first kappa shape index (κ1) is 15.2. The smallest absolute Gasteiger partial charge is 0.227 e. The summed E-state index contributed by atoms with van der Waals surface area (Å²) in [5, 5.41) is 9.57. The van der Waals surface area contributed by atoms with Gasteiger partial charge in [0, 0.05) is 18.7 Å². The van der Waals surface area contributed by atoms with E-state index in [-0.39, 0.29) is 36.1 Å². The van der Waals surface area contributed by atoms with Crippen molar-refractivity contribution in [2.75, 3.05) is 20.3 Å². The van der Waals surface area contributed by atoms with Gasteiger partial charge in [0.25, 0.3) is 0 Å². The molecule has 1 heterocycles. The van der Waals surface area contributed by atoms with E-state index in [9.17, 15) is 14.3 Å². The fourth-order valence-electron chi connectivity index (χ4n) is 2.45. The minimum Gasteiger partial charge on any atom is -0.394 e. The van der Waals surface area contributed by atoms with Crippen molar-refractivity contribution in [3.8, 4) is 0 Å². The fraction of sp³-hybridized carbons (Fsp3) is 0.500. The van der Waals surface area contributed by atoms with Gasteiger partial charge in [-0.3, -0.25) is 4.79 Å². The zero-order chi connectivity index (χ0) is 14.7. The van der Waals surface area contributed by atoms with Gasteiger partial charge in [0.2, 0.25) is 5.91 Å². The molecule has 0 unspecified atom stereocenters. The number of benzene rings is 1. The Labute approximate surface area is 122 Å². The van der Waals surface area contributed by atoms with Gasteiger partial charge in [-0.2, -0.15) is 0 Å². The van der Waals surface area contributed by atoms with E-state index in [0.717, 1.165) is 0 Å². The van der Waals surface area contributed by atoms with Crippen molar-refractivity contribution >= 4 is 17.5 Å². The molecule has 1 aromatic rings. The number of amides is 1. The summed E-state index contributed by atoms with van der Waals surface area (Å²) in [6.45, 7) is 0.363. The molecule has 1 aliphatic rings. The zero-order valence-corrected chi connectivity index (χ0v) is 11.9. The monoisotopic (exact) mass is 301 g/mol. The normalized spacial score (nSPS) is 22.3. The number of hydrogen-bond acceptors (Lipinski definition) is 3. The number of nitrogens with zero attached hydrogens (tertiary/aromatic N) is 1. The molecule has 0 aromatic heterocycles. The number of likely N-dealkylation sites (tertiary alicyclic amines) is 1. The highest BCUT2D eigenvalue weighted by Gasteiger charge is 2.34. The van der Waals surface area contributed by atoms with Gasteiger partial charge in [0.15, 0.2) is 0 Å². The van der Waals surface area contributed by atoms with Crippen LogP contribution in [0.1, 0.15) is 12.0 Å². The van der Waals surface area contributed by atoms with Crippen LogP contribution in [0.25, 0.3) is 0 Å². The second-order valence-electron chi connectivity index (χ2n) is 4.89. The number of carbonyl (C=O) groups excluding carboxylic acids is 1. The summed E-state index contributed by atoms with van der Waals surface area (Å²) in [6.07, 6.45) is 0.655. The maximum atomic E-state index is 13.0. The molecule has 1 fully saturated rings. The predicted octanol–water partition coefficient (Wildman–Crippen LogP) is 1.63. The molecule has 4 nitrogen and oxygen atoms in total. The van der Waals surface area contributed by atoms with Crippen LogP contribution in [0.2, 0.25) is 5.02 Å². The Balaban J connectivity index is 2.07. The van der Waals surface area contributed by atoms with Crippen LogP contribution in [0, 0.1) is 5.82 Å². The molecular formula is C14H17ClFNO3. The first-order chi connectivity index (χ1) is 9.55. The number of methoxy groups -OCH3 is 1. The Hall–Kier alpha value is -1.17. The van der Waals surface area contributed by atoms with Gasteiger partial charge in [-0.05, 0) is 24.1 Å². The van der Waals surface area contributed by atoms with Crippen molar-refractivity contribution in [2.24, 2.45) is 0 Å². The van der Waals surface area contributed by atoms with Crippen molar-refractivity contribution in [1.82, 2.24) is 4.90 Å². The van der Waals surface area contributed by atoms with E-state index in [1.165, 1.54) is 18.2 Å². The largest absolute Gasteiger partial charge is 0.394 e. The molecule has 0 radical (unpaired) electrons. The van der Waals surface area contributed by atoms with Crippen LogP contribution < -0.4 is 0 Å². The van der Waals surface area contributed by atoms with Gasteiger partial charge in [-0.1, -0.05) is 17.7 Å². The van der Waals surface area contributed by atoms with E-state index in [0.29, 0.717) is 18.5 Å². The van der Waals surface area contributed by atoms with Gasteiger partial charge >= 0.3 is 0 Å². The topological polar surface area (TPSA) is 49.8 Å². The van der Waals surface area contributed by atoms with Crippen molar-refractivity contribution < 1.29 is 19.0 Å². The van der Waals surface area contributed by atoms with Crippen molar-refractivity contribution in [3.63, 3.8) is 0 Å². The van der Waals surface area contributed by atoms with Gasteiger partial charge in [0.05, 0.1) is 25.2 Å². The lowest BCUT2D eigenvalue weighted by atomic mass is 10.1. The standard InChI is InChI=1S/C14H17ClFNO3/c1-20-12-6-11(8-18)17(7-12)14(19)4-9-2-3-10(16)5-13(9)15/h2-3,5,11-12,18H,4,6-8H2,1H3/t11-,12-/m0/s1. The molecule has 2 rings (SSSR count). The van der Waals surface area contributed by atoms with E-state index >= 15 is 0 Å². The first-order valence-corrected chi connectivity index (χ1v) is 6.80. The van der Waals surface area contributed by atoms with E-state index in [1.807, 2.05) is 0 Å². The van der Waals surface area contributed by atoms with Crippen LogP contribution in [-0.2, 0) is 16.0 Å². The lowest BCUT2D eigenvalue weighted by molar-refractivity contribution is -0.132. The van der Waals surface area contributed by atoms with Crippen LogP contribution in [0.3, 0.4) is 0 Å². The van der Waals surface area contributed by atoms with Crippen LogP contribution in [0.4, 0.5) is 4.39 Å². The second kappa shape index (κ2) is 6.52. The number of carbonyl (C=O) groups is 1. The third-order valence-corrected chi connectivity index (χ3v) is 3.95. The fourth-order valence-corrected chi connectivity index (χ4v) is 2.69. The Morgan fingerprint density at radius 2 is 2.35 bits per heavy atom. The first-order valence-electron chi connectivity index (χ1n) is 6.42. The molecule has 1 N–H and O–H groups in total. The van der Waals surface area contributed by atoms with E-state index < -0.39 is 5.82 Å². The molecule has 2 atom stereocenters. The minimum absolute atomic E-state index is 0.0558. The van der Waals surface area contributed by atoms with Crippen molar-refractivity contribution in [2.45, 2.75) is 25.0 Å². The van der Waals surface area contributed by atoms with Crippen molar-refractivity contribution in [1.29, 1.82) is 0 Å². The SMILES string of the molecule is CO[C@H]1C[C@@H](CO)N(C(=O)Cc2ccc(F)cc2Cl)C1. The Bertz CT molecular complexity index is 497. The average Bonchev–Trinajstić information content (AvgIpc) is 2.85. The molecule has 1 amide bonds. The van der Waals surface area contributed by atoms with Gasteiger partial charge in [-0.15, -0.1) is 0 Å². The molecule has 1 aromatic carbocycles. The van der Waals surface area contributed by atoms with Crippen LogP contribution in [0.15, 0.2) is 18.2 Å². The third kappa shape index (κ3) is 3.29. The van der Waals surface area contributed by atoms with Gasteiger partial charge in [0.1, 0.15) is 5.82 Å². The summed E-state index contributed by atoms with van der Waals surface area (Å²) >= 11 is 5.92. The molecule has 0 aliphatic carbocycles. The summed E-state index contributed by atoms with van der Waals surface area (Å²) in [4.78, 5) is 13.9. The van der Waals surface area contributed by atoms with Gasteiger partial charge < -0.3 is 14.7 Å². The molecule has 1 aliphatic heterocycles. The highest BCUT2D eigenvalue weighted by atomic mass is 35.5. The van der Waals surface area contributed by atoms with Crippen LogP contribution in [-0.4, -0.2) is 48.3 Å². The molecule has 6 heteroatoms. The maximum absolute atomic E-state index is 13.0. The molecule has 1 saturated heterocycles. The Kier molecular flexibility index (Phi) is 4.96. The summed E-state index contributed by atoms with van der Waals surface area (Å²) < 4.78 is 18.2. The summed E-state index contributed by atoms with van der Waals surface area (Å²) in [5.41, 5.74) is 0.579. The maximum Gasteiger partial charge on any atom is 0.227 e. The van der Waals surface area contributed by atoms with E-state index in [2.05, 4.69) is 0 Å². The number of rotatable bonds is 4.